The van der Waals surface area contributed by atoms with Crippen LogP contribution in [0.25, 0.3) is 22.5 Å². The summed E-state index contributed by atoms with van der Waals surface area (Å²) in [4.78, 5) is 18.7. The Balaban J connectivity index is 1.86. The summed E-state index contributed by atoms with van der Waals surface area (Å²) in [6.45, 7) is 4.09. The van der Waals surface area contributed by atoms with E-state index in [9.17, 15) is 4.79 Å². The van der Waals surface area contributed by atoms with Crippen LogP contribution in [-0.2, 0) is 11.2 Å². The van der Waals surface area contributed by atoms with Crippen molar-refractivity contribution in [2.75, 3.05) is 0 Å². The molecule has 3 rings (SSSR count). The van der Waals surface area contributed by atoms with Gasteiger partial charge >= 0.3 is 5.97 Å². The van der Waals surface area contributed by atoms with Crippen LogP contribution >= 0.6 is 0 Å². The Morgan fingerprint density at radius 1 is 1.08 bits per heavy atom. The number of H-pyrrole nitrogens is 1. The largest absolute Gasteiger partial charge is 0.481 e. The standard InChI is InChI=1S/C20H20N2O2/c1-13-12-17(14(2)21-13)19-5-3-4-18(22-19)16-9-6-15(7-10-16)8-11-20(23)24/h3-7,9-10,12,21H,8,11H2,1-2H3,(H,23,24). The Labute approximate surface area is 141 Å². The molecule has 0 saturated carbocycles. The number of hydrogen-bond donors (Lipinski definition) is 2. The Morgan fingerprint density at radius 2 is 1.79 bits per heavy atom. The minimum Gasteiger partial charge on any atom is -0.481 e. The number of aromatic amines is 1. The number of aryl methyl sites for hydroxylation is 3. The van der Waals surface area contributed by atoms with Gasteiger partial charge in [0.05, 0.1) is 11.4 Å². The number of aliphatic carboxylic acids is 1. The molecule has 0 aliphatic heterocycles. The first kappa shape index (κ1) is 16.0. The van der Waals surface area contributed by atoms with Gasteiger partial charge in [-0.2, -0.15) is 0 Å². The van der Waals surface area contributed by atoms with Gasteiger partial charge in [0.25, 0.3) is 0 Å². The van der Waals surface area contributed by atoms with Crippen LogP contribution < -0.4 is 0 Å². The Morgan fingerprint density at radius 3 is 2.42 bits per heavy atom. The van der Waals surface area contributed by atoms with Crippen LogP contribution in [0.3, 0.4) is 0 Å². The van der Waals surface area contributed by atoms with E-state index in [1.807, 2.05) is 56.3 Å². The van der Waals surface area contributed by atoms with Crippen molar-refractivity contribution in [3.63, 3.8) is 0 Å². The van der Waals surface area contributed by atoms with Gasteiger partial charge in [0.2, 0.25) is 0 Å². The summed E-state index contributed by atoms with van der Waals surface area (Å²) in [5, 5.41) is 8.76. The molecule has 0 aliphatic carbocycles. The summed E-state index contributed by atoms with van der Waals surface area (Å²) in [7, 11) is 0. The van der Waals surface area contributed by atoms with Gasteiger partial charge in [-0.05, 0) is 44.0 Å². The van der Waals surface area contributed by atoms with Crippen molar-refractivity contribution in [3.8, 4) is 22.5 Å². The fourth-order valence-corrected chi connectivity index (χ4v) is 2.83. The number of carbonyl (C=O) groups is 1. The van der Waals surface area contributed by atoms with E-state index in [2.05, 4.69) is 11.1 Å². The molecule has 0 saturated heterocycles. The second-order valence-electron chi connectivity index (χ2n) is 5.99. The van der Waals surface area contributed by atoms with Gasteiger partial charge in [0.1, 0.15) is 0 Å². The highest BCUT2D eigenvalue weighted by molar-refractivity contribution is 5.69. The number of rotatable bonds is 5. The summed E-state index contributed by atoms with van der Waals surface area (Å²) in [5.41, 5.74) is 7.26. The van der Waals surface area contributed by atoms with Crippen molar-refractivity contribution in [2.24, 2.45) is 0 Å². The van der Waals surface area contributed by atoms with Gasteiger partial charge < -0.3 is 10.1 Å². The molecule has 2 heterocycles. The first-order valence-corrected chi connectivity index (χ1v) is 7.97. The average Bonchev–Trinajstić information content (AvgIpc) is 2.92. The number of benzene rings is 1. The fraction of sp³-hybridized carbons (Fsp3) is 0.200. The minimum absolute atomic E-state index is 0.152. The highest BCUT2D eigenvalue weighted by atomic mass is 16.4. The molecule has 0 atom stereocenters. The molecule has 24 heavy (non-hydrogen) atoms. The number of nitrogens with zero attached hydrogens (tertiary/aromatic N) is 1. The third-order valence-electron chi connectivity index (χ3n) is 4.05. The zero-order valence-corrected chi connectivity index (χ0v) is 13.8. The van der Waals surface area contributed by atoms with Gasteiger partial charge in [-0.3, -0.25) is 4.79 Å². The second kappa shape index (κ2) is 6.71. The van der Waals surface area contributed by atoms with Crippen molar-refractivity contribution < 1.29 is 9.90 Å². The molecule has 0 spiro atoms. The van der Waals surface area contributed by atoms with E-state index in [0.717, 1.165) is 39.5 Å². The maximum absolute atomic E-state index is 10.6. The SMILES string of the molecule is Cc1cc(-c2cccc(-c3ccc(CCC(=O)O)cc3)n2)c(C)[nH]1. The lowest BCUT2D eigenvalue weighted by molar-refractivity contribution is -0.136. The van der Waals surface area contributed by atoms with Crippen LogP contribution in [0.5, 0.6) is 0 Å². The van der Waals surface area contributed by atoms with Crippen LogP contribution in [0.4, 0.5) is 0 Å². The highest BCUT2D eigenvalue weighted by Crippen LogP contribution is 2.26. The molecular weight excluding hydrogens is 300 g/mol. The van der Waals surface area contributed by atoms with Crippen LogP contribution in [0.1, 0.15) is 23.4 Å². The first-order valence-electron chi connectivity index (χ1n) is 7.97. The zero-order valence-electron chi connectivity index (χ0n) is 13.8. The topological polar surface area (TPSA) is 66.0 Å². The summed E-state index contributed by atoms with van der Waals surface area (Å²) in [6, 6.07) is 16.1. The molecule has 122 valence electrons. The van der Waals surface area contributed by atoms with Crippen LogP contribution in [0.2, 0.25) is 0 Å². The van der Waals surface area contributed by atoms with Crippen LogP contribution in [0.15, 0.2) is 48.5 Å². The lowest BCUT2D eigenvalue weighted by Crippen LogP contribution is -1.97. The molecule has 2 aromatic heterocycles. The molecule has 2 N–H and O–H groups in total. The molecule has 0 fully saturated rings. The predicted molar refractivity (Wildman–Crippen MR) is 94.9 cm³/mol. The number of nitrogens with one attached hydrogen (secondary N) is 1. The molecule has 0 amide bonds. The molecule has 3 aromatic rings. The van der Waals surface area contributed by atoms with Crippen molar-refractivity contribution in [2.45, 2.75) is 26.7 Å². The summed E-state index contributed by atoms with van der Waals surface area (Å²) in [5.74, 6) is -0.773. The van der Waals surface area contributed by atoms with E-state index in [-0.39, 0.29) is 6.42 Å². The third kappa shape index (κ3) is 3.54. The molecule has 0 radical (unpaired) electrons. The lowest BCUT2D eigenvalue weighted by Gasteiger charge is -2.06. The Kier molecular flexibility index (Phi) is 4.47. The fourth-order valence-electron chi connectivity index (χ4n) is 2.83. The summed E-state index contributed by atoms with van der Waals surface area (Å²) >= 11 is 0. The quantitative estimate of drug-likeness (QED) is 0.733. The number of hydrogen-bond acceptors (Lipinski definition) is 2. The molecule has 4 nitrogen and oxygen atoms in total. The van der Waals surface area contributed by atoms with Gasteiger partial charge in [-0.15, -0.1) is 0 Å². The second-order valence-corrected chi connectivity index (χ2v) is 5.99. The zero-order chi connectivity index (χ0) is 17.1. The van der Waals surface area contributed by atoms with E-state index in [0.29, 0.717) is 6.42 Å². The average molecular weight is 320 g/mol. The third-order valence-corrected chi connectivity index (χ3v) is 4.05. The van der Waals surface area contributed by atoms with E-state index in [1.54, 1.807) is 0 Å². The molecule has 0 aliphatic rings. The normalized spacial score (nSPS) is 10.8. The molecule has 1 aromatic carbocycles. The first-order chi connectivity index (χ1) is 11.5. The van der Waals surface area contributed by atoms with Gasteiger partial charge in [-0.1, -0.05) is 30.3 Å². The number of carboxylic acids is 1. The predicted octanol–water partition coefficient (Wildman–Crippen LogP) is 4.38. The van der Waals surface area contributed by atoms with Crippen LogP contribution in [-0.4, -0.2) is 21.0 Å². The Hall–Kier alpha value is -2.88. The molecule has 4 heteroatoms. The van der Waals surface area contributed by atoms with Crippen molar-refractivity contribution in [3.05, 3.63) is 65.5 Å². The number of carboxylic acid groups (broad SMARTS) is 1. The summed E-state index contributed by atoms with van der Waals surface area (Å²) in [6.07, 6.45) is 0.699. The molecule has 0 unspecified atom stereocenters. The van der Waals surface area contributed by atoms with Crippen molar-refractivity contribution in [1.82, 2.24) is 9.97 Å². The summed E-state index contributed by atoms with van der Waals surface area (Å²) < 4.78 is 0. The van der Waals surface area contributed by atoms with Crippen molar-refractivity contribution >= 4 is 5.97 Å². The minimum atomic E-state index is -0.773. The van der Waals surface area contributed by atoms with Gasteiger partial charge in [0, 0.05) is 28.9 Å². The Bertz CT molecular complexity index is 864. The van der Waals surface area contributed by atoms with Gasteiger partial charge in [-0.25, -0.2) is 4.98 Å². The van der Waals surface area contributed by atoms with E-state index >= 15 is 0 Å². The maximum atomic E-state index is 10.6. The van der Waals surface area contributed by atoms with Crippen LogP contribution in [0, 0.1) is 13.8 Å². The number of aromatic nitrogens is 2. The maximum Gasteiger partial charge on any atom is 0.303 e. The number of pyridine rings is 1. The molecule has 0 bridgehead atoms. The monoisotopic (exact) mass is 320 g/mol. The van der Waals surface area contributed by atoms with E-state index < -0.39 is 5.97 Å². The highest BCUT2D eigenvalue weighted by Gasteiger charge is 2.08. The van der Waals surface area contributed by atoms with E-state index in [4.69, 9.17) is 10.1 Å². The van der Waals surface area contributed by atoms with Gasteiger partial charge in [0.15, 0.2) is 0 Å². The lowest BCUT2D eigenvalue weighted by atomic mass is 10.0. The van der Waals surface area contributed by atoms with Crippen molar-refractivity contribution in [1.29, 1.82) is 0 Å². The smallest absolute Gasteiger partial charge is 0.303 e. The van der Waals surface area contributed by atoms with E-state index in [1.165, 1.54) is 0 Å². The molecular formula is C20H20N2O2.